The van der Waals surface area contributed by atoms with Gasteiger partial charge in [0, 0.05) is 18.8 Å². The number of aryl methyl sites for hydroxylation is 1. The van der Waals surface area contributed by atoms with Crippen molar-refractivity contribution in [2.24, 2.45) is 7.05 Å². The Morgan fingerprint density at radius 2 is 1.89 bits per heavy atom. The zero-order valence-electron chi connectivity index (χ0n) is 15.7. The molecule has 0 radical (unpaired) electrons. The molecule has 7 nitrogen and oxygen atoms in total. The van der Waals surface area contributed by atoms with Gasteiger partial charge in [0.05, 0.1) is 18.2 Å². The number of pyridine rings is 2. The average molecular weight is 385 g/mol. The molecule has 2 aromatic heterocycles. The van der Waals surface area contributed by atoms with Gasteiger partial charge in [0.25, 0.3) is 11.1 Å². The fourth-order valence-corrected chi connectivity index (χ4v) is 2.90. The lowest BCUT2D eigenvalue weighted by molar-refractivity contribution is 0.221. The lowest BCUT2D eigenvalue weighted by atomic mass is 10.1. The molecule has 0 saturated heterocycles. The third-order valence-electron chi connectivity index (χ3n) is 4.38. The van der Waals surface area contributed by atoms with Crippen molar-refractivity contribution in [3.8, 4) is 22.6 Å². The molecule has 0 amide bonds. The van der Waals surface area contributed by atoms with E-state index in [0.717, 1.165) is 0 Å². The third kappa shape index (κ3) is 3.62. The Balaban J connectivity index is 2.04. The molecule has 0 aliphatic rings. The highest BCUT2D eigenvalue weighted by molar-refractivity contribution is 5.66. The zero-order chi connectivity index (χ0) is 20.4. The van der Waals surface area contributed by atoms with Crippen LogP contribution in [0.15, 0.2) is 52.2 Å². The van der Waals surface area contributed by atoms with E-state index in [2.05, 4.69) is 4.98 Å². The van der Waals surface area contributed by atoms with E-state index in [1.54, 1.807) is 32.3 Å². The van der Waals surface area contributed by atoms with Gasteiger partial charge < -0.3 is 24.8 Å². The molecule has 0 fully saturated rings. The predicted octanol–water partition coefficient (Wildman–Crippen LogP) is 2.61. The minimum absolute atomic E-state index is 0.00345. The normalized spacial score (nSPS) is 11.9. The summed E-state index contributed by atoms with van der Waals surface area (Å²) in [5.41, 5.74) is 5.87. The topological polar surface area (TPSA) is 99.3 Å². The van der Waals surface area contributed by atoms with E-state index < -0.39 is 17.5 Å². The summed E-state index contributed by atoms with van der Waals surface area (Å²) in [4.78, 5) is 27.2. The number of aromatic amines is 1. The quantitative estimate of drug-likeness (QED) is 0.703. The Labute approximate surface area is 160 Å². The van der Waals surface area contributed by atoms with Gasteiger partial charge in [-0.25, -0.2) is 4.39 Å². The summed E-state index contributed by atoms with van der Waals surface area (Å²) in [6.45, 7) is 1.70. The maximum atomic E-state index is 13.7. The monoisotopic (exact) mass is 385 g/mol. The van der Waals surface area contributed by atoms with Gasteiger partial charge in [0.15, 0.2) is 5.75 Å². The first-order chi connectivity index (χ1) is 13.3. The molecule has 0 bridgehead atoms. The maximum absolute atomic E-state index is 13.7. The maximum Gasteiger partial charge on any atom is 0.258 e. The third-order valence-corrected chi connectivity index (χ3v) is 4.38. The van der Waals surface area contributed by atoms with Crippen molar-refractivity contribution >= 4 is 5.82 Å². The van der Waals surface area contributed by atoms with Gasteiger partial charge in [-0.05, 0) is 43.3 Å². The van der Waals surface area contributed by atoms with Gasteiger partial charge in [0.1, 0.15) is 23.5 Å². The van der Waals surface area contributed by atoms with Crippen molar-refractivity contribution in [1.29, 1.82) is 0 Å². The van der Waals surface area contributed by atoms with Gasteiger partial charge >= 0.3 is 0 Å². The van der Waals surface area contributed by atoms with Crippen LogP contribution in [-0.4, -0.2) is 16.7 Å². The lowest BCUT2D eigenvalue weighted by Crippen LogP contribution is -2.22. The average Bonchev–Trinajstić information content (AvgIpc) is 2.66. The van der Waals surface area contributed by atoms with E-state index in [4.69, 9.17) is 15.2 Å². The van der Waals surface area contributed by atoms with Gasteiger partial charge in [-0.2, -0.15) is 0 Å². The summed E-state index contributed by atoms with van der Waals surface area (Å²) < 4.78 is 26.1. The Morgan fingerprint density at radius 3 is 2.61 bits per heavy atom. The molecule has 28 heavy (non-hydrogen) atoms. The Kier molecular flexibility index (Phi) is 5.21. The van der Waals surface area contributed by atoms with Crippen LogP contribution in [-0.2, 0) is 7.05 Å². The molecule has 3 aromatic rings. The van der Waals surface area contributed by atoms with E-state index in [1.807, 2.05) is 0 Å². The van der Waals surface area contributed by atoms with Crippen molar-refractivity contribution in [3.63, 3.8) is 0 Å². The number of nitrogens with one attached hydrogen (secondary N) is 1. The summed E-state index contributed by atoms with van der Waals surface area (Å²) in [5.74, 6) is 0.186. The van der Waals surface area contributed by atoms with Crippen LogP contribution < -0.4 is 26.3 Å². The van der Waals surface area contributed by atoms with Crippen molar-refractivity contribution in [1.82, 2.24) is 9.55 Å². The molecule has 0 aliphatic carbocycles. The van der Waals surface area contributed by atoms with Crippen LogP contribution in [0, 0.1) is 5.82 Å². The minimum atomic E-state index is -0.634. The molecular weight excluding hydrogens is 365 g/mol. The van der Waals surface area contributed by atoms with Crippen LogP contribution in [0.2, 0.25) is 0 Å². The molecule has 1 unspecified atom stereocenters. The second-order valence-corrected chi connectivity index (χ2v) is 6.27. The van der Waals surface area contributed by atoms with Crippen molar-refractivity contribution in [2.75, 3.05) is 12.8 Å². The number of methoxy groups -OCH3 is 1. The first-order valence-corrected chi connectivity index (χ1v) is 8.50. The number of nitrogen functional groups attached to an aromatic ring is 1. The number of aromatic nitrogens is 2. The van der Waals surface area contributed by atoms with E-state index >= 15 is 0 Å². The molecule has 146 valence electrons. The number of nitrogens with two attached hydrogens (primary N) is 1. The molecule has 2 heterocycles. The fourth-order valence-electron chi connectivity index (χ4n) is 2.90. The second kappa shape index (κ2) is 7.59. The van der Waals surface area contributed by atoms with E-state index in [0.29, 0.717) is 11.3 Å². The highest BCUT2D eigenvalue weighted by atomic mass is 19.1. The Bertz CT molecular complexity index is 1140. The number of ether oxygens (including phenoxy) is 2. The van der Waals surface area contributed by atoms with Gasteiger partial charge in [-0.15, -0.1) is 0 Å². The molecule has 8 heteroatoms. The molecule has 0 aliphatic heterocycles. The van der Waals surface area contributed by atoms with E-state index in [1.165, 1.54) is 35.9 Å². The number of rotatable bonds is 5. The van der Waals surface area contributed by atoms with Crippen molar-refractivity contribution in [3.05, 3.63) is 74.7 Å². The van der Waals surface area contributed by atoms with Gasteiger partial charge in [-0.1, -0.05) is 0 Å². The Hall–Kier alpha value is -3.55. The SMILES string of the molecule is COc1ccc(F)cc1C(C)Oc1cc(-c2cccn(C)c2=O)c(=O)[nH]c1N. The van der Waals surface area contributed by atoms with Crippen LogP contribution in [0.3, 0.4) is 0 Å². The number of benzene rings is 1. The molecular formula is C20H20FN3O4. The van der Waals surface area contributed by atoms with Crippen molar-refractivity contribution in [2.45, 2.75) is 13.0 Å². The van der Waals surface area contributed by atoms with Crippen LogP contribution in [0.4, 0.5) is 10.2 Å². The van der Waals surface area contributed by atoms with E-state index in [9.17, 15) is 14.0 Å². The van der Waals surface area contributed by atoms with Crippen LogP contribution in [0.1, 0.15) is 18.6 Å². The number of hydrogen-bond acceptors (Lipinski definition) is 5. The molecule has 1 aromatic carbocycles. The predicted molar refractivity (Wildman–Crippen MR) is 104 cm³/mol. The molecule has 3 rings (SSSR count). The summed E-state index contributed by atoms with van der Waals surface area (Å²) in [5, 5.41) is 0. The standard InChI is InChI=1S/C20H20FN3O4/c1-11(14-9-12(21)6-7-16(14)27-3)28-17-10-15(19(25)23-18(17)22)13-5-4-8-24(2)20(13)26/h4-11H,1-3H3,(H3,22,23,25). The molecule has 0 saturated carbocycles. The van der Waals surface area contributed by atoms with Gasteiger partial charge in [-0.3, -0.25) is 9.59 Å². The van der Waals surface area contributed by atoms with Gasteiger partial charge in [0.2, 0.25) is 0 Å². The summed E-state index contributed by atoms with van der Waals surface area (Å²) in [6, 6.07) is 8.71. The fraction of sp³-hybridized carbons (Fsp3) is 0.200. The first-order valence-electron chi connectivity index (χ1n) is 8.50. The smallest absolute Gasteiger partial charge is 0.258 e. The number of hydrogen-bond donors (Lipinski definition) is 2. The molecule has 0 spiro atoms. The summed E-state index contributed by atoms with van der Waals surface area (Å²) >= 11 is 0. The largest absolute Gasteiger partial charge is 0.496 e. The number of H-pyrrole nitrogens is 1. The van der Waals surface area contributed by atoms with Crippen molar-refractivity contribution < 1.29 is 13.9 Å². The van der Waals surface area contributed by atoms with Crippen LogP contribution in [0.25, 0.3) is 11.1 Å². The first kappa shape index (κ1) is 19.2. The zero-order valence-corrected chi connectivity index (χ0v) is 15.7. The Morgan fingerprint density at radius 1 is 1.14 bits per heavy atom. The van der Waals surface area contributed by atoms with Crippen LogP contribution >= 0.6 is 0 Å². The summed E-state index contributed by atoms with van der Waals surface area (Å²) in [7, 11) is 3.06. The number of halogens is 1. The lowest BCUT2D eigenvalue weighted by Gasteiger charge is -2.19. The highest BCUT2D eigenvalue weighted by Crippen LogP contribution is 2.32. The number of anilines is 1. The molecule has 3 N–H and O–H groups in total. The minimum Gasteiger partial charge on any atom is -0.496 e. The second-order valence-electron chi connectivity index (χ2n) is 6.27. The molecule has 1 atom stereocenters. The van der Waals surface area contributed by atoms with Crippen LogP contribution in [0.5, 0.6) is 11.5 Å². The van der Waals surface area contributed by atoms with E-state index in [-0.39, 0.29) is 28.3 Å². The highest BCUT2D eigenvalue weighted by Gasteiger charge is 2.18. The number of nitrogens with zero attached hydrogens (tertiary/aromatic N) is 1. The summed E-state index contributed by atoms with van der Waals surface area (Å²) in [6.07, 6.45) is 0.956.